The standard InChI is InChI=1S/C8H8N2O5/c11-6-2-4(7(12)9-14)1-5(3-6)8(13)10-15/h1-3,11,14-15H,(H,9,12)(H,10,13). The number of aromatic hydroxyl groups is 1. The molecule has 0 saturated carbocycles. The smallest absolute Gasteiger partial charge is 0.274 e. The first kappa shape index (κ1) is 11.0. The van der Waals surface area contributed by atoms with E-state index < -0.39 is 11.8 Å². The van der Waals surface area contributed by atoms with Crippen LogP contribution in [0.2, 0.25) is 0 Å². The van der Waals surface area contributed by atoms with Crippen molar-refractivity contribution in [1.82, 2.24) is 11.0 Å². The molecular weight excluding hydrogens is 204 g/mol. The molecule has 0 aliphatic rings. The molecule has 0 fully saturated rings. The summed E-state index contributed by atoms with van der Waals surface area (Å²) in [6.07, 6.45) is 0. The van der Waals surface area contributed by atoms with Crippen LogP contribution < -0.4 is 11.0 Å². The average molecular weight is 212 g/mol. The molecule has 0 heterocycles. The number of rotatable bonds is 2. The second kappa shape index (κ2) is 4.40. The van der Waals surface area contributed by atoms with Crippen LogP contribution >= 0.6 is 0 Å². The number of phenols is 1. The lowest BCUT2D eigenvalue weighted by atomic mass is 10.1. The van der Waals surface area contributed by atoms with Gasteiger partial charge in [-0.25, -0.2) is 11.0 Å². The molecule has 0 saturated heterocycles. The predicted octanol–water partition coefficient (Wildman–Crippen LogP) is -0.370. The number of benzene rings is 1. The Hall–Kier alpha value is -2.12. The van der Waals surface area contributed by atoms with Crippen LogP contribution in [0.4, 0.5) is 0 Å². The van der Waals surface area contributed by atoms with Crippen molar-refractivity contribution in [2.24, 2.45) is 0 Å². The van der Waals surface area contributed by atoms with Crippen LogP contribution in [0.3, 0.4) is 0 Å². The minimum Gasteiger partial charge on any atom is -0.508 e. The molecule has 7 heteroatoms. The van der Waals surface area contributed by atoms with E-state index >= 15 is 0 Å². The molecule has 7 nitrogen and oxygen atoms in total. The number of hydrogen-bond donors (Lipinski definition) is 5. The summed E-state index contributed by atoms with van der Waals surface area (Å²) in [4.78, 5) is 21.9. The minimum atomic E-state index is -0.877. The molecule has 80 valence electrons. The SMILES string of the molecule is O=C(NO)c1cc(O)cc(C(=O)NO)c1. The Morgan fingerprint density at radius 1 is 0.933 bits per heavy atom. The van der Waals surface area contributed by atoms with Crippen molar-refractivity contribution >= 4 is 11.8 Å². The third-order valence-corrected chi connectivity index (χ3v) is 1.65. The molecule has 0 aliphatic carbocycles. The van der Waals surface area contributed by atoms with E-state index in [4.69, 9.17) is 15.5 Å². The van der Waals surface area contributed by atoms with Gasteiger partial charge >= 0.3 is 0 Å². The van der Waals surface area contributed by atoms with E-state index in [2.05, 4.69) is 0 Å². The molecule has 0 radical (unpaired) electrons. The molecule has 5 N–H and O–H groups in total. The predicted molar refractivity (Wildman–Crippen MR) is 46.6 cm³/mol. The number of hydroxylamine groups is 2. The van der Waals surface area contributed by atoms with Crippen molar-refractivity contribution in [3.05, 3.63) is 29.3 Å². The zero-order valence-corrected chi connectivity index (χ0v) is 7.39. The molecule has 1 rings (SSSR count). The molecule has 0 spiro atoms. The third kappa shape index (κ3) is 2.42. The fourth-order valence-corrected chi connectivity index (χ4v) is 1.00. The van der Waals surface area contributed by atoms with Gasteiger partial charge in [-0.05, 0) is 18.2 Å². The Morgan fingerprint density at radius 2 is 1.33 bits per heavy atom. The lowest BCUT2D eigenvalue weighted by molar-refractivity contribution is 0.0701. The number of hydrogen-bond acceptors (Lipinski definition) is 5. The van der Waals surface area contributed by atoms with Crippen LogP contribution in [0, 0.1) is 0 Å². The first-order chi connectivity index (χ1) is 7.08. The van der Waals surface area contributed by atoms with E-state index in [9.17, 15) is 9.59 Å². The Labute approximate surface area is 83.9 Å². The maximum atomic E-state index is 11.0. The van der Waals surface area contributed by atoms with E-state index in [0.29, 0.717) is 0 Å². The van der Waals surface area contributed by atoms with E-state index in [1.54, 1.807) is 0 Å². The van der Waals surface area contributed by atoms with Gasteiger partial charge in [0, 0.05) is 11.1 Å². The van der Waals surface area contributed by atoms with Gasteiger partial charge in [0.05, 0.1) is 0 Å². The van der Waals surface area contributed by atoms with Crippen LogP contribution in [-0.2, 0) is 0 Å². The molecule has 0 aromatic heterocycles. The van der Waals surface area contributed by atoms with Crippen LogP contribution in [0.1, 0.15) is 20.7 Å². The van der Waals surface area contributed by atoms with Gasteiger partial charge in [-0.1, -0.05) is 0 Å². The summed E-state index contributed by atoms with van der Waals surface area (Å²) in [7, 11) is 0. The first-order valence-electron chi connectivity index (χ1n) is 3.81. The molecule has 1 aromatic carbocycles. The molecule has 2 amide bonds. The van der Waals surface area contributed by atoms with Crippen LogP contribution in [0.15, 0.2) is 18.2 Å². The molecule has 0 atom stereocenters. The number of carbonyl (C=O) groups excluding carboxylic acids is 2. The zero-order chi connectivity index (χ0) is 11.4. The van der Waals surface area contributed by atoms with Gasteiger partial charge in [0.1, 0.15) is 5.75 Å². The normalized spacial score (nSPS) is 9.47. The highest BCUT2D eigenvalue weighted by Gasteiger charge is 2.11. The Morgan fingerprint density at radius 3 is 1.67 bits per heavy atom. The van der Waals surface area contributed by atoms with Gasteiger partial charge in [0.2, 0.25) is 0 Å². The number of amides is 2. The minimum absolute atomic E-state index is 0.115. The Kier molecular flexibility index (Phi) is 3.21. The van der Waals surface area contributed by atoms with Crippen molar-refractivity contribution in [3.63, 3.8) is 0 Å². The lowest BCUT2D eigenvalue weighted by Crippen LogP contribution is -2.21. The van der Waals surface area contributed by atoms with Gasteiger partial charge in [-0.2, -0.15) is 0 Å². The van der Waals surface area contributed by atoms with E-state index in [-0.39, 0.29) is 16.9 Å². The largest absolute Gasteiger partial charge is 0.508 e. The summed E-state index contributed by atoms with van der Waals surface area (Å²) in [5, 5.41) is 25.8. The molecule has 0 unspecified atom stereocenters. The van der Waals surface area contributed by atoms with E-state index in [1.165, 1.54) is 11.0 Å². The van der Waals surface area contributed by atoms with Crippen molar-refractivity contribution in [1.29, 1.82) is 0 Å². The summed E-state index contributed by atoms with van der Waals surface area (Å²) in [6.45, 7) is 0. The first-order valence-corrected chi connectivity index (χ1v) is 3.81. The topological polar surface area (TPSA) is 119 Å². The van der Waals surface area contributed by atoms with Gasteiger partial charge in [-0.3, -0.25) is 20.0 Å². The summed E-state index contributed by atoms with van der Waals surface area (Å²) in [6, 6.07) is 3.20. The van der Waals surface area contributed by atoms with E-state index in [1.807, 2.05) is 0 Å². The van der Waals surface area contributed by atoms with Gasteiger partial charge < -0.3 is 5.11 Å². The maximum absolute atomic E-state index is 11.0. The Bertz CT molecular complexity index is 370. The van der Waals surface area contributed by atoms with Crippen LogP contribution in [0.5, 0.6) is 5.75 Å². The van der Waals surface area contributed by atoms with Gasteiger partial charge in [0.25, 0.3) is 11.8 Å². The van der Waals surface area contributed by atoms with Crippen molar-refractivity contribution in [2.45, 2.75) is 0 Å². The van der Waals surface area contributed by atoms with Crippen LogP contribution in [0.25, 0.3) is 0 Å². The summed E-state index contributed by atoms with van der Waals surface area (Å²) in [5.41, 5.74) is 2.47. The Balaban J connectivity index is 3.16. The molecule has 0 aliphatic heterocycles. The second-order valence-corrected chi connectivity index (χ2v) is 2.65. The molecular formula is C8H8N2O5. The number of carbonyl (C=O) groups is 2. The van der Waals surface area contributed by atoms with Gasteiger partial charge in [-0.15, -0.1) is 0 Å². The monoisotopic (exact) mass is 212 g/mol. The quantitative estimate of drug-likeness (QED) is 0.338. The highest BCUT2D eigenvalue weighted by atomic mass is 16.5. The van der Waals surface area contributed by atoms with Crippen LogP contribution in [-0.4, -0.2) is 27.3 Å². The average Bonchev–Trinajstić information content (AvgIpc) is 2.26. The van der Waals surface area contributed by atoms with Crippen molar-refractivity contribution in [3.8, 4) is 5.75 Å². The molecule has 15 heavy (non-hydrogen) atoms. The van der Waals surface area contributed by atoms with Crippen molar-refractivity contribution < 1.29 is 25.1 Å². The molecule has 0 bridgehead atoms. The second-order valence-electron chi connectivity index (χ2n) is 2.65. The van der Waals surface area contributed by atoms with Gasteiger partial charge in [0.15, 0.2) is 0 Å². The van der Waals surface area contributed by atoms with E-state index in [0.717, 1.165) is 18.2 Å². The highest BCUT2D eigenvalue weighted by Crippen LogP contribution is 2.15. The fourth-order valence-electron chi connectivity index (χ4n) is 1.00. The summed E-state index contributed by atoms with van der Waals surface area (Å²) < 4.78 is 0. The third-order valence-electron chi connectivity index (χ3n) is 1.65. The fraction of sp³-hybridized carbons (Fsp3) is 0. The molecule has 1 aromatic rings. The number of nitrogens with one attached hydrogen (secondary N) is 2. The van der Waals surface area contributed by atoms with Crippen molar-refractivity contribution in [2.75, 3.05) is 0 Å². The lowest BCUT2D eigenvalue weighted by Gasteiger charge is -2.03. The summed E-state index contributed by atoms with van der Waals surface area (Å²) >= 11 is 0. The highest BCUT2D eigenvalue weighted by molar-refractivity contribution is 5.99. The number of phenolic OH excluding ortho intramolecular Hbond substituents is 1. The maximum Gasteiger partial charge on any atom is 0.274 e. The zero-order valence-electron chi connectivity index (χ0n) is 7.39. The summed E-state index contributed by atoms with van der Waals surface area (Å²) in [5.74, 6) is -2.09.